The van der Waals surface area contributed by atoms with Crippen LogP contribution in [-0.2, 0) is 7.05 Å². The number of nitrogens with one attached hydrogen (secondary N) is 3. The number of carbonyl (C=O) groups excluding carboxylic acids is 2. The maximum atomic E-state index is 12.7. The Kier molecular flexibility index (Phi) is 6.31. The van der Waals surface area contributed by atoms with E-state index < -0.39 is 0 Å². The van der Waals surface area contributed by atoms with Crippen LogP contribution >= 0.6 is 15.9 Å². The Morgan fingerprint density at radius 1 is 0.967 bits per heavy atom. The Balaban J connectivity index is 1.76. The van der Waals surface area contributed by atoms with Crippen LogP contribution in [0.5, 0.6) is 0 Å². The summed E-state index contributed by atoms with van der Waals surface area (Å²) in [6.45, 7) is 0. The fourth-order valence-corrected chi connectivity index (χ4v) is 2.97. The highest BCUT2D eigenvalue weighted by Gasteiger charge is 2.19. The van der Waals surface area contributed by atoms with Crippen molar-refractivity contribution in [2.75, 3.05) is 24.7 Å². The molecule has 0 fully saturated rings. The monoisotopic (exact) mass is 468 g/mol. The SMILES string of the molecule is CN(C)C(=N)c1ccc(C(=O)Nc2c(C(=O)Nc3ccc(Br)cc3)cnn2C)cc1. The first-order valence-corrected chi connectivity index (χ1v) is 9.82. The molecular formula is C21H21BrN6O2. The first-order valence-electron chi connectivity index (χ1n) is 9.03. The summed E-state index contributed by atoms with van der Waals surface area (Å²) in [5, 5.41) is 17.6. The van der Waals surface area contributed by atoms with Gasteiger partial charge in [0, 0.05) is 42.4 Å². The smallest absolute Gasteiger partial charge is 0.261 e. The Bertz CT molecular complexity index is 1090. The zero-order valence-electron chi connectivity index (χ0n) is 16.7. The first-order chi connectivity index (χ1) is 14.3. The minimum absolute atomic E-state index is 0.250. The fraction of sp³-hybridized carbons (Fsp3) is 0.143. The topological polar surface area (TPSA) is 103 Å². The van der Waals surface area contributed by atoms with E-state index >= 15 is 0 Å². The van der Waals surface area contributed by atoms with Crippen molar-refractivity contribution >= 4 is 45.1 Å². The van der Waals surface area contributed by atoms with E-state index in [0.29, 0.717) is 28.5 Å². The molecule has 9 heteroatoms. The summed E-state index contributed by atoms with van der Waals surface area (Å²) in [5.74, 6) is -0.116. The van der Waals surface area contributed by atoms with Gasteiger partial charge in [-0.25, -0.2) is 0 Å². The van der Waals surface area contributed by atoms with Crippen molar-refractivity contribution in [2.24, 2.45) is 7.05 Å². The molecule has 3 rings (SSSR count). The average molecular weight is 469 g/mol. The maximum Gasteiger partial charge on any atom is 0.261 e. The van der Waals surface area contributed by atoms with Crippen LogP contribution in [0.4, 0.5) is 11.5 Å². The maximum absolute atomic E-state index is 12.7. The van der Waals surface area contributed by atoms with Gasteiger partial charge < -0.3 is 15.5 Å². The summed E-state index contributed by atoms with van der Waals surface area (Å²) in [7, 11) is 5.21. The van der Waals surface area contributed by atoms with Crippen LogP contribution < -0.4 is 10.6 Å². The van der Waals surface area contributed by atoms with Crippen LogP contribution in [0.1, 0.15) is 26.3 Å². The number of carbonyl (C=O) groups is 2. The number of aromatic nitrogens is 2. The van der Waals surface area contributed by atoms with Gasteiger partial charge in [-0.1, -0.05) is 28.1 Å². The van der Waals surface area contributed by atoms with Gasteiger partial charge in [0.15, 0.2) is 0 Å². The Morgan fingerprint density at radius 3 is 2.17 bits per heavy atom. The summed E-state index contributed by atoms with van der Waals surface area (Å²) < 4.78 is 2.34. The molecule has 0 radical (unpaired) electrons. The number of rotatable bonds is 5. The van der Waals surface area contributed by atoms with Crippen molar-refractivity contribution in [3.05, 3.63) is 75.9 Å². The molecule has 0 spiro atoms. The molecule has 8 nitrogen and oxygen atoms in total. The van der Waals surface area contributed by atoms with Crippen LogP contribution in [0.15, 0.2) is 59.2 Å². The molecule has 30 heavy (non-hydrogen) atoms. The minimum Gasteiger partial charge on any atom is -0.363 e. The molecule has 1 aromatic heterocycles. The van der Waals surface area contributed by atoms with Gasteiger partial charge in [-0.2, -0.15) is 5.10 Å². The average Bonchev–Trinajstić information content (AvgIpc) is 3.09. The molecule has 3 N–H and O–H groups in total. The van der Waals surface area contributed by atoms with Crippen LogP contribution in [0.3, 0.4) is 0 Å². The van der Waals surface area contributed by atoms with Crippen LogP contribution in [0.25, 0.3) is 0 Å². The van der Waals surface area contributed by atoms with Gasteiger partial charge in [-0.05, 0) is 36.4 Å². The molecule has 0 atom stereocenters. The zero-order valence-corrected chi connectivity index (χ0v) is 18.3. The summed E-state index contributed by atoms with van der Waals surface area (Å²) in [6, 6.07) is 13.9. The van der Waals surface area contributed by atoms with Crippen LogP contribution in [0, 0.1) is 5.41 Å². The Labute approximate surface area is 182 Å². The molecule has 0 aliphatic rings. The van der Waals surface area contributed by atoms with E-state index in [1.807, 2.05) is 12.1 Å². The molecule has 2 amide bonds. The fourth-order valence-electron chi connectivity index (χ4n) is 2.70. The molecule has 1 heterocycles. The second kappa shape index (κ2) is 8.91. The quantitative estimate of drug-likeness (QED) is 0.393. The molecule has 0 bridgehead atoms. The highest BCUT2D eigenvalue weighted by atomic mass is 79.9. The predicted octanol–water partition coefficient (Wildman–Crippen LogP) is 3.57. The second-order valence-corrected chi connectivity index (χ2v) is 7.68. The lowest BCUT2D eigenvalue weighted by Crippen LogP contribution is -2.22. The number of amides is 2. The minimum atomic E-state index is -0.379. The number of hydrogen-bond donors (Lipinski definition) is 3. The molecule has 2 aromatic carbocycles. The van der Waals surface area contributed by atoms with Crippen molar-refractivity contribution in [3.8, 4) is 0 Å². The van der Waals surface area contributed by atoms with E-state index in [4.69, 9.17) is 5.41 Å². The van der Waals surface area contributed by atoms with Crippen molar-refractivity contribution in [2.45, 2.75) is 0 Å². The van der Waals surface area contributed by atoms with E-state index in [0.717, 1.165) is 4.47 Å². The van der Waals surface area contributed by atoms with Gasteiger partial charge in [0.05, 0.1) is 6.20 Å². The van der Waals surface area contributed by atoms with E-state index in [9.17, 15) is 9.59 Å². The third-order valence-electron chi connectivity index (χ3n) is 4.39. The summed E-state index contributed by atoms with van der Waals surface area (Å²) >= 11 is 3.35. The zero-order chi connectivity index (χ0) is 21.8. The van der Waals surface area contributed by atoms with E-state index in [-0.39, 0.29) is 17.4 Å². The molecule has 154 valence electrons. The van der Waals surface area contributed by atoms with Crippen molar-refractivity contribution in [1.82, 2.24) is 14.7 Å². The lowest BCUT2D eigenvalue weighted by atomic mass is 10.1. The molecule has 0 aliphatic carbocycles. The van der Waals surface area contributed by atoms with E-state index in [1.165, 1.54) is 10.9 Å². The Hall–Kier alpha value is -3.46. The van der Waals surface area contributed by atoms with Crippen LogP contribution in [0.2, 0.25) is 0 Å². The van der Waals surface area contributed by atoms with E-state index in [1.54, 1.807) is 62.4 Å². The van der Waals surface area contributed by atoms with Crippen molar-refractivity contribution in [3.63, 3.8) is 0 Å². The molecular weight excluding hydrogens is 448 g/mol. The van der Waals surface area contributed by atoms with Crippen LogP contribution in [-0.4, -0.2) is 46.4 Å². The van der Waals surface area contributed by atoms with Gasteiger partial charge in [-0.15, -0.1) is 0 Å². The third kappa shape index (κ3) is 4.74. The van der Waals surface area contributed by atoms with Crippen molar-refractivity contribution in [1.29, 1.82) is 5.41 Å². The predicted molar refractivity (Wildman–Crippen MR) is 120 cm³/mol. The number of nitrogens with zero attached hydrogens (tertiary/aromatic N) is 3. The van der Waals surface area contributed by atoms with Gasteiger partial charge in [0.1, 0.15) is 17.2 Å². The molecule has 0 saturated carbocycles. The lowest BCUT2D eigenvalue weighted by Gasteiger charge is -2.14. The largest absolute Gasteiger partial charge is 0.363 e. The molecule has 0 aliphatic heterocycles. The molecule has 0 unspecified atom stereocenters. The number of halogens is 1. The summed E-state index contributed by atoms with van der Waals surface area (Å²) in [6.07, 6.45) is 1.41. The number of hydrogen-bond acceptors (Lipinski definition) is 4. The van der Waals surface area contributed by atoms with Gasteiger partial charge in [-0.3, -0.25) is 19.7 Å². The van der Waals surface area contributed by atoms with E-state index in [2.05, 4.69) is 31.7 Å². The highest BCUT2D eigenvalue weighted by molar-refractivity contribution is 9.10. The number of benzene rings is 2. The Morgan fingerprint density at radius 2 is 1.57 bits per heavy atom. The first kappa shape index (κ1) is 21.3. The number of amidine groups is 1. The number of aryl methyl sites for hydroxylation is 1. The third-order valence-corrected chi connectivity index (χ3v) is 4.91. The van der Waals surface area contributed by atoms with Gasteiger partial charge in [0.2, 0.25) is 0 Å². The lowest BCUT2D eigenvalue weighted by molar-refractivity contribution is 0.102. The van der Waals surface area contributed by atoms with Gasteiger partial charge in [0.25, 0.3) is 11.8 Å². The summed E-state index contributed by atoms with van der Waals surface area (Å²) in [5.41, 5.74) is 1.99. The normalized spacial score (nSPS) is 10.4. The second-order valence-electron chi connectivity index (χ2n) is 6.77. The number of anilines is 2. The highest BCUT2D eigenvalue weighted by Crippen LogP contribution is 2.19. The molecule has 0 saturated heterocycles. The van der Waals surface area contributed by atoms with Crippen molar-refractivity contribution < 1.29 is 9.59 Å². The standard InChI is InChI=1S/C21H21BrN6O2/c1-27(2)18(23)13-4-6-14(7-5-13)20(29)26-19-17(12-24-28(19)3)21(30)25-16-10-8-15(22)9-11-16/h4-12,23H,1-3H3,(H,25,30)(H,26,29). The van der Waals surface area contributed by atoms with Gasteiger partial charge >= 0.3 is 0 Å². The summed E-state index contributed by atoms with van der Waals surface area (Å²) in [4.78, 5) is 27.1. The molecule has 3 aromatic rings.